The van der Waals surface area contributed by atoms with Crippen molar-refractivity contribution < 1.29 is 4.80 Å². The van der Waals surface area contributed by atoms with E-state index in [9.17, 15) is 0 Å². The zero-order valence-electron chi connectivity index (χ0n) is 7.98. The zero-order valence-corrected chi connectivity index (χ0v) is 8.98. The first-order valence-corrected chi connectivity index (χ1v) is 5.65. The molecule has 0 amide bonds. The van der Waals surface area contributed by atoms with Crippen molar-refractivity contribution in [2.24, 2.45) is 5.41 Å². The molecule has 0 aliphatic heterocycles. The minimum atomic E-state index is 0.146. The summed E-state index contributed by atoms with van der Waals surface area (Å²) in [5.41, 5.74) is 0.494. The van der Waals surface area contributed by atoms with E-state index < -0.39 is 0 Å². The third-order valence-electron chi connectivity index (χ3n) is 2.07. The molecular weight excluding hydrogens is 152 g/mol. The van der Waals surface area contributed by atoms with E-state index in [4.69, 9.17) is 4.80 Å². The molecule has 0 unspecified atom stereocenters. The van der Waals surface area contributed by atoms with E-state index in [1.165, 1.54) is 25.7 Å². The maximum Gasteiger partial charge on any atom is 0.224 e. The predicted molar refractivity (Wildman–Crippen MR) is 50.7 cm³/mol. The normalized spacial score (nSPS) is 12.0. The lowest BCUT2D eigenvalue weighted by Crippen LogP contribution is -2.10. The molecule has 0 saturated heterocycles. The summed E-state index contributed by atoms with van der Waals surface area (Å²) < 4.78 is 0. The summed E-state index contributed by atoms with van der Waals surface area (Å²) in [5.74, 6) is 0. The molecule has 0 aliphatic rings. The first kappa shape index (κ1) is 11.2. The van der Waals surface area contributed by atoms with Gasteiger partial charge in [-0.05, 0) is 24.3 Å². The Labute approximate surface area is 73.2 Å². The van der Waals surface area contributed by atoms with Crippen molar-refractivity contribution in [2.45, 2.75) is 52.5 Å². The Morgan fingerprint density at radius 1 is 1.27 bits per heavy atom. The molecule has 66 valence electrons. The minimum Gasteiger partial charge on any atom is -0.432 e. The van der Waals surface area contributed by atoms with Gasteiger partial charge in [-0.3, -0.25) is 0 Å². The average Bonchev–Trinajstić information content (AvgIpc) is 1.87. The maximum absolute atomic E-state index is 8.62. The van der Waals surface area contributed by atoms with Gasteiger partial charge in [0.2, 0.25) is 9.76 Å². The molecule has 0 rings (SSSR count). The van der Waals surface area contributed by atoms with Gasteiger partial charge < -0.3 is 4.80 Å². The second-order valence-corrected chi connectivity index (χ2v) is 4.74. The monoisotopic (exact) mass is 172 g/mol. The van der Waals surface area contributed by atoms with E-state index in [0.717, 1.165) is 6.04 Å². The fraction of sp³-hybridized carbons (Fsp3) is 1.00. The van der Waals surface area contributed by atoms with Crippen LogP contribution in [-0.2, 0) is 0 Å². The van der Waals surface area contributed by atoms with Crippen LogP contribution < -0.4 is 0 Å². The third kappa shape index (κ3) is 6.57. The Morgan fingerprint density at radius 3 is 2.36 bits per heavy atom. The summed E-state index contributed by atoms with van der Waals surface area (Å²) in [6.07, 6.45) is 5.02. The summed E-state index contributed by atoms with van der Waals surface area (Å²) in [7, 11) is 0.146. The average molecular weight is 172 g/mol. The van der Waals surface area contributed by atoms with Gasteiger partial charge >= 0.3 is 0 Å². The van der Waals surface area contributed by atoms with Gasteiger partial charge in [0.1, 0.15) is 0 Å². The molecule has 2 heteroatoms. The van der Waals surface area contributed by atoms with Crippen LogP contribution >= 0.6 is 0 Å². The summed E-state index contributed by atoms with van der Waals surface area (Å²) >= 11 is 0. The van der Waals surface area contributed by atoms with E-state index in [1.807, 2.05) is 0 Å². The SMILES string of the molecule is CCCC(C)(C)CCC[Si]O. The molecule has 0 saturated carbocycles. The van der Waals surface area contributed by atoms with Crippen LogP contribution in [0.5, 0.6) is 0 Å². The molecular formula is C9H20OSi. The lowest BCUT2D eigenvalue weighted by molar-refractivity contribution is 0.300. The molecule has 11 heavy (non-hydrogen) atoms. The largest absolute Gasteiger partial charge is 0.432 e. The van der Waals surface area contributed by atoms with E-state index >= 15 is 0 Å². The van der Waals surface area contributed by atoms with Crippen molar-refractivity contribution >= 4 is 9.76 Å². The Balaban J connectivity index is 3.38. The zero-order chi connectivity index (χ0) is 8.74. The molecule has 1 N–H and O–H groups in total. The molecule has 0 aromatic heterocycles. The first-order valence-electron chi connectivity index (χ1n) is 4.49. The first-order chi connectivity index (χ1) is 5.12. The summed E-state index contributed by atoms with van der Waals surface area (Å²) in [4.78, 5) is 8.62. The quantitative estimate of drug-likeness (QED) is 0.482. The van der Waals surface area contributed by atoms with E-state index in [0.29, 0.717) is 5.41 Å². The molecule has 0 aliphatic carbocycles. The van der Waals surface area contributed by atoms with Gasteiger partial charge in [-0.25, -0.2) is 0 Å². The van der Waals surface area contributed by atoms with Crippen molar-refractivity contribution in [3.63, 3.8) is 0 Å². The van der Waals surface area contributed by atoms with E-state index in [1.54, 1.807) is 0 Å². The van der Waals surface area contributed by atoms with Gasteiger partial charge in [0, 0.05) is 0 Å². The summed E-state index contributed by atoms with van der Waals surface area (Å²) in [6.45, 7) is 6.86. The van der Waals surface area contributed by atoms with Crippen molar-refractivity contribution in [1.29, 1.82) is 0 Å². The van der Waals surface area contributed by atoms with Gasteiger partial charge in [-0.1, -0.05) is 33.6 Å². The molecule has 0 aromatic rings. The van der Waals surface area contributed by atoms with E-state index in [-0.39, 0.29) is 9.76 Å². The molecule has 0 aromatic carbocycles. The van der Waals surface area contributed by atoms with Crippen LogP contribution in [0.3, 0.4) is 0 Å². The Bertz CT molecular complexity index is 91.6. The fourth-order valence-electron chi connectivity index (χ4n) is 1.45. The van der Waals surface area contributed by atoms with Crippen LogP contribution in [0.1, 0.15) is 46.5 Å². The lowest BCUT2D eigenvalue weighted by Gasteiger charge is -2.23. The summed E-state index contributed by atoms with van der Waals surface area (Å²) in [6, 6.07) is 0.993. The van der Waals surface area contributed by atoms with Gasteiger partial charge in [0.05, 0.1) is 0 Å². The molecule has 0 heterocycles. The van der Waals surface area contributed by atoms with Gasteiger partial charge in [0.25, 0.3) is 0 Å². The summed E-state index contributed by atoms with van der Waals surface area (Å²) in [5, 5.41) is 0. The second-order valence-electron chi connectivity index (χ2n) is 3.93. The molecule has 0 fully saturated rings. The molecule has 1 nitrogen and oxygen atoms in total. The molecule has 0 atom stereocenters. The van der Waals surface area contributed by atoms with Crippen molar-refractivity contribution in [3.05, 3.63) is 0 Å². The van der Waals surface area contributed by atoms with Crippen molar-refractivity contribution in [3.8, 4) is 0 Å². The predicted octanol–water partition coefficient (Wildman–Crippen LogP) is 2.62. The maximum atomic E-state index is 8.62. The highest BCUT2D eigenvalue weighted by Gasteiger charge is 2.15. The van der Waals surface area contributed by atoms with Crippen LogP contribution in [0.4, 0.5) is 0 Å². The Hall–Kier alpha value is 0.177. The van der Waals surface area contributed by atoms with Crippen LogP contribution in [0.15, 0.2) is 0 Å². The number of hydrogen-bond donors (Lipinski definition) is 1. The topological polar surface area (TPSA) is 20.2 Å². The molecule has 0 spiro atoms. The third-order valence-corrected chi connectivity index (χ3v) is 2.65. The highest BCUT2D eigenvalue weighted by molar-refractivity contribution is 6.25. The lowest BCUT2D eigenvalue weighted by atomic mass is 9.84. The Morgan fingerprint density at radius 2 is 1.91 bits per heavy atom. The van der Waals surface area contributed by atoms with Crippen LogP contribution in [0, 0.1) is 5.41 Å². The highest BCUT2D eigenvalue weighted by Crippen LogP contribution is 2.28. The molecule has 0 bridgehead atoms. The number of hydrogen-bond acceptors (Lipinski definition) is 1. The van der Waals surface area contributed by atoms with Gasteiger partial charge in [-0.15, -0.1) is 0 Å². The van der Waals surface area contributed by atoms with Crippen molar-refractivity contribution in [2.75, 3.05) is 0 Å². The van der Waals surface area contributed by atoms with Gasteiger partial charge in [0.15, 0.2) is 0 Å². The Kier molecular flexibility index (Phi) is 5.87. The fourth-order valence-corrected chi connectivity index (χ4v) is 1.78. The van der Waals surface area contributed by atoms with Crippen LogP contribution in [0.2, 0.25) is 6.04 Å². The van der Waals surface area contributed by atoms with Crippen LogP contribution in [0.25, 0.3) is 0 Å². The minimum absolute atomic E-state index is 0.146. The smallest absolute Gasteiger partial charge is 0.224 e. The number of rotatable bonds is 6. The van der Waals surface area contributed by atoms with Crippen LogP contribution in [-0.4, -0.2) is 14.6 Å². The standard InChI is InChI=1S/C9H20OSi/c1-4-6-9(2,3)7-5-8-11-10/h10H,4-8H2,1-3H3. The van der Waals surface area contributed by atoms with Crippen molar-refractivity contribution in [1.82, 2.24) is 0 Å². The van der Waals surface area contributed by atoms with E-state index in [2.05, 4.69) is 20.8 Å². The second kappa shape index (κ2) is 5.78. The highest BCUT2D eigenvalue weighted by atomic mass is 28.2. The van der Waals surface area contributed by atoms with Gasteiger partial charge in [-0.2, -0.15) is 0 Å². The molecule has 2 radical (unpaired) electrons.